The van der Waals surface area contributed by atoms with E-state index in [9.17, 15) is 4.79 Å². The Kier molecular flexibility index (Phi) is 5.01. The quantitative estimate of drug-likeness (QED) is 0.542. The van der Waals surface area contributed by atoms with E-state index in [1.807, 2.05) is 48.5 Å². The van der Waals surface area contributed by atoms with E-state index in [4.69, 9.17) is 4.74 Å². The summed E-state index contributed by atoms with van der Waals surface area (Å²) in [5.74, 6) is 0.578. The Bertz CT molecular complexity index is 1090. The van der Waals surface area contributed by atoms with Gasteiger partial charge in [-0.2, -0.15) is 4.80 Å². The van der Waals surface area contributed by atoms with Gasteiger partial charge in [0.1, 0.15) is 16.8 Å². The molecule has 1 heterocycles. The predicted molar refractivity (Wildman–Crippen MR) is 109 cm³/mol. The van der Waals surface area contributed by atoms with Crippen molar-refractivity contribution in [2.24, 2.45) is 0 Å². The van der Waals surface area contributed by atoms with E-state index in [2.05, 4.69) is 22.4 Å². The van der Waals surface area contributed by atoms with E-state index in [1.165, 1.54) is 0 Å². The molecule has 3 aromatic carbocycles. The number of fused-ring (bicyclic) bond motifs is 1. The maximum atomic E-state index is 12.5. The molecule has 0 spiro atoms. The zero-order chi connectivity index (χ0) is 19.3. The summed E-state index contributed by atoms with van der Waals surface area (Å²) in [6.07, 6.45) is 0.944. The fourth-order valence-corrected chi connectivity index (χ4v) is 2.79. The number of para-hydroxylation sites is 1. The Hall–Kier alpha value is -3.67. The van der Waals surface area contributed by atoms with Crippen molar-refractivity contribution < 1.29 is 9.53 Å². The Morgan fingerprint density at radius 2 is 1.71 bits per heavy atom. The fraction of sp³-hybridized carbons (Fsp3) is 0.136. The smallest absolute Gasteiger partial charge is 0.255 e. The number of carbonyl (C=O) groups is 1. The number of amides is 1. The number of anilines is 1. The van der Waals surface area contributed by atoms with E-state index < -0.39 is 0 Å². The molecule has 28 heavy (non-hydrogen) atoms. The number of carbonyl (C=O) groups excluding carboxylic acids is 1. The Balaban J connectivity index is 1.50. The zero-order valence-electron chi connectivity index (χ0n) is 15.5. The normalized spacial score (nSPS) is 10.8. The molecule has 0 aliphatic carbocycles. The van der Waals surface area contributed by atoms with Crippen LogP contribution in [0.5, 0.6) is 5.75 Å². The van der Waals surface area contributed by atoms with Crippen LogP contribution in [0, 0.1) is 0 Å². The first-order valence-corrected chi connectivity index (χ1v) is 9.19. The van der Waals surface area contributed by atoms with Gasteiger partial charge in [0.15, 0.2) is 0 Å². The first-order chi connectivity index (χ1) is 13.7. The summed E-state index contributed by atoms with van der Waals surface area (Å²) in [6, 6.07) is 22.3. The van der Waals surface area contributed by atoms with Gasteiger partial charge in [-0.3, -0.25) is 4.79 Å². The third kappa shape index (κ3) is 3.86. The van der Waals surface area contributed by atoms with Crippen molar-refractivity contribution in [3.05, 3.63) is 78.4 Å². The first-order valence-electron chi connectivity index (χ1n) is 9.19. The second-order valence-electron chi connectivity index (χ2n) is 6.36. The molecule has 0 aliphatic rings. The Morgan fingerprint density at radius 1 is 0.964 bits per heavy atom. The molecule has 1 aromatic heterocycles. The summed E-state index contributed by atoms with van der Waals surface area (Å²) in [5.41, 5.74) is 3.60. The van der Waals surface area contributed by atoms with Gasteiger partial charge in [0.2, 0.25) is 0 Å². The Morgan fingerprint density at radius 3 is 2.46 bits per heavy atom. The van der Waals surface area contributed by atoms with Crippen LogP contribution in [0.3, 0.4) is 0 Å². The SMILES string of the molecule is CCCOc1ccc(C(=O)Nc2ccc3nn(-c4ccccc4)nc3c2)cc1. The molecular formula is C22H20N4O2. The second-order valence-corrected chi connectivity index (χ2v) is 6.36. The van der Waals surface area contributed by atoms with Gasteiger partial charge in [-0.1, -0.05) is 25.1 Å². The number of hydrogen-bond donors (Lipinski definition) is 1. The maximum absolute atomic E-state index is 12.5. The van der Waals surface area contributed by atoms with Crippen LogP contribution in [-0.2, 0) is 0 Å². The summed E-state index contributed by atoms with van der Waals surface area (Å²) < 4.78 is 5.55. The number of benzene rings is 3. The number of rotatable bonds is 6. The number of ether oxygens (including phenoxy) is 1. The molecule has 0 unspecified atom stereocenters. The largest absolute Gasteiger partial charge is 0.494 e. The molecule has 0 bridgehead atoms. The molecule has 4 rings (SSSR count). The highest BCUT2D eigenvalue weighted by molar-refractivity contribution is 6.05. The lowest BCUT2D eigenvalue weighted by molar-refractivity contribution is 0.102. The average Bonchev–Trinajstić information content (AvgIpc) is 3.17. The van der Waals surface area contributed by atoms with Crippen molar-refractivity contribution in [3.8, 4) is 11.4 Å². The van der Waals surface area contributed by atoms with Crippen molar-refractivity contribution in [2.75, 3.05) is 11.9 Å². The summed E-state index contributed by atoms with van der Waals surface area (Å²) in [7, 11) is 0. The molecule has 6 heteroatoms. The third-order valence-corrected chi connectivity index (χ3v) is 4.21. The summed E-state index contributed by atoms with van der Waals surface area (Å²) >= 11 is 0. The van der Waals surface area contributed by atoms with Crippen molar-refractivity contribution >= 4 is 22.6 Å². The predicted octanol–water partition coefficient (Wildman–Crippen LogP) is 4.46. The fourth-order valence-electron chi connectivity index (χ4n) is 2.79. The van der Waals surface area contributed by atoms with Crippen LogP contribution >= 0.6 is 0 Å². The lowest BCUT2D eigenvalue weighted by Crippen LogP contribution is -2.11. The third-order valence-electron chi connectivity index (χ3n) is 4.21. The van der Waals surface area contributed by atoms with Gasteiger partial charge in [0, 0.05) is 11.3 Å². The van der Waals surface area contributed by atoms with Crippen molar-refractivity contribution in [3.63, 3.8) is 0 Å². The molecule has 140 valence electrons. The van der Waals surface area contributed by atoms with Gasteiger partial charge in [0.25, 0.3) is 5.91 Å². The van der Waals surface area contributed by atoms with E-state index in [1.54, 1.807) is 29.1 Å². The van der Waals surface area contributed by atoms with Crippen LogP contribution in [-0.4, -0.2) is 27.5 Å². The topological polar surface area (TPSA) is 69.0 Å². The van der Waals surface area contributed by atoms with Crippen LogP contribution in [0.15, 0.2) is 72.8 Å². The first kappa shape index (κ1) is 17.7. The van der Waals surface area contributed by atoms with Gasteiger partial charge >= 0.3 is 0 Å². The van der Waals surface area contributed by atoms with Gasteiger partial charge < -0.3 is 10.1 Å². The molecular weight excluding hydrogens is 352 g/mol. The van der Waals surface area contributed by atoms with Crippen molar-refractivity contribution in [1.82, 2.24) is 15.0 Å². The molecule has 0 saturated heterocycles. The number of nitrogens with zero attached hydrogens (tertiary/aromatic N) is 3. The molecule has 0 fully saturated rings. The van der Waals surface area contributed by atoms with Crippen LogP contribution in [0.25, 0.3) is 16.7 Å². The van der Waals surface area contributed by atoms with Crippen molar-refractivity contribution in [2.45, 2.75) is 13.3 Å². The van der Waals surface area contributed by atoms with E-state index in [0.717, 1.165) is 23.4 Å². The molecule has 0 saturated carbocycles. The van der Waals surface area contributed by atoms with Crippen molar-refractivity contribution in [1.29, 1.82) is 0 Å². The summed E-state index contributed by atoms with van der Waals surface area (Å²) in [5, 5.41) is 11.9. The molecule has 0 atom stereocenters. The molecule has 4 aromatic rings. The van der Waals surface area contributed by atoms with Crippen LogP contribution in [0.1, 0.15) is 23.7 Å². The monoisotopic (exact) mass is 372 g/mol. The molecule has 6 nitrogen and oxygen atoms in total. The standard InChI is InChI=1S/C22H20N4O2/c1-2-14-28-19-11-8-16(9-12-19)22(27)23-17-10-13-20-21(15-17)25-26(24-20)18-6-4-3-5-7-18/h3-13,15H,2,14H2,1H3,(H,23,27). The number of aromatic nitrogens is 3. The maximum Gasteiger partial charge on any atom is 0.255 e. The molecule has 1 amide bonds. The second kappa shape index (κ2) is 7.92. The van der Waals surface area contributed by atoms with Gasteiger partial charge in [-0.25, -0.2) is 0 Å². The minimum Gasteiger partial charge on any atom is -0.494 e. The average molecular weight is 372 g/mol. The van der Waals surface area contributed by atoms with Crippen LogP contribution in [0.4, 0.5) is 5.69 Å². The number of hydrogen-bond acceptors (Lipinski definition) is 4. The summed E-state index contributed by atoms with van der Waals surface area (Å²) in [6.45, 7) is 2.71. The highest BCUT2D eigenvalue weighted by atomic mass is 16.5. The Labute approximate surface area is 162 Å². The zero-order valence-corrected chi connectivity index (χ0v) is 15.5. The summed E-state index contributed by atoms with van der Waals surface area (Å²) in [4.78, 5) is 14.1. The highest BCUT2D eigenvalue weighted by Crippen LogP contribution is 2.19. The van der Waals surface area contributed by atoms with Gasteiger partial charge in [-0.05, 0) is 61.0 Å². The van der Waals surface area contributed by atoms with Gasteiger partial charge in [-0.15, -0.1) is 10.2 Å². The lowest BCUT2D eigenvalue weighted by atomic mass is 10.2. The minimum absolute atomic E-state index is 0.183. The molecule has 0 radical (unpaired) electrons. The molecule has 0 aliphatic heterocycles. The minimum atomic E-state index is -0.183. The van der Waals surface area contributed by atoms with Crippen LogP contribution < -0.4 is 10.1 Å². The van der Waals surface area contributed by atoms with Gasteiger partial charge in [0.05, 0.1) is 12.3 Å². The lowest BCUT2D eigenvalue weighted by Gasteiger charge is -2.07. The van der Waals surface area contributed by atoms with E-state index >= 15 is 0 Å². The van der Waals surface area contributed by atoms with E-state index in [0.29, 0.717) is 23.4 Å². The van der Waals surface area contributed by atoms with E-state index in [-0.39, 0.29) is 5.91 Å². The number of nitrogens with one attached hydrogen (secondary N) is 1. The highest BCUT2D eigenvalue weighted by Gasteiger charge is 2.09. The van der Waals surface area contributed by atoms with Crippen LogP contribution in [0.2, 0.25) is 0 Å². The molecule has 1 N–H and O–H groups in total.